The molecule has 3 aliphatic carbocycles. The zero-order valence-corrected chi connectivity index (χ0v) is 19.0. The highest BCUT2D eigenvalue weighted by Crippen LogP contribution is 2.70. The normalized spacial score (nSPS) is 54.3. The lowest BCUT2D eigenvalue weighted by Crippen LogP contribution is -2.62. The molecule has 2 heterocycles. The van der Waals surface area contributed by atoms with Gasteiger partial charge in [0.25, 0.3) is 0 Å². The number of carbonyl (C=O) groups is 1. The van der Waals surface area contributed by atoms with Gasteiger partial charge < -0.3 is 24.8 Å². The van der Waals surface area contributed by atoms with Gasteiger partial charge in [-0.05, 0) is 78.9 Å². The third-order valence-corrected chi connectivity index (χ3v) is 10.5. The molecule has 3 N–H and O–H groups in total. The molecule has 10 atom stereocenters. The van der Waals surface area contributed by atoms with Crippen LogP contribution in [0, 0.1) is 39.9 Å². The van der Waals surface area contributed by atoms with E-state index in [0.29, 0.717) is 23.8 Å². The summed E-state index contributed by atoms with van der Waals surface area (Å²) in [6.45, 7) is 7.42. The molecular weight excluding hydrogens is 396 g/mol. The van der Waals surface area contributed by atoms with Crippen LogP contribution in [-0.4, -0.2) is 46.6 Å². The molecule has 0 aromatic rings. The number of hydrogen-bond donors (Lipinski definition) is 3. The fourth-order valence-corrected chi connectivity index (χ4v) is 9.06. The average molecular weight is 435 g/mol. The summed E-state index contributed by atoms with van der Waals surface area (Å²) < 4.78 is 10.8. The Hall–Kier alpha value is -0.950. The maximum atomic E-state index is 11.7. The molecule has 0 aromatic carbocycles. The van der Waals surface area contributed by atoms with Crippen LogP contribution in [0.2, 0.25) is 0 Å². The van der Waals surface area contributed by atoms with Crippen LogP contribution < -0.4 is 0 Å². The molecule has 0 radical (unpaired) electrons. The highest BCUT2D eigenvalue weighted by atomic mass is 16.6. The smallest absolute Gasteiger partial charge is 0.333 e. The Morgan fingerprint density at radius 1 is 1.03 bits per heavy atom. The summed E-state index contributed by atoms with van der Waals surface area (Å²) in [6, 6.07) is 0. The van der Waals surface area contributed by atoms with Crippen molar-refractivity contribution in [3.63, 3.8) is 0 Å². The number of fused-ring (bicyclic) bond motifs is 5. The van der Waals surface area contributed by atoms with E-state index in [4.69, 9.17) is 9.47 Å². The summed E-state index contributed by atoms with van der Waals surface area (Å²) in [7, 11) is 0. The second-order valence-electron chi connectivity index (χ2n) is 11.9. The quantitative estimate of drug-likeness (QED) is 0.578. The molecule has 5 rings (SSSR count). The van der Waals surface area contributed by atoms with Gasteiger partial charge in [-0.2, -0.15) is 0 Å². The van der Waals surface area contributed by atoms with Crippen molar-refractivity contribution < 1.29 is 29.6 Å². The summed E-state index contributed by atoms with van der Waals surface area (Å²) in [6.07, 6.45) is 7.08. The first-order valence-electron chi connectivity index (χ1n) is 12.2. The van der Waals surface area contributed by atoms with Crippen molar-refractivity contribution >= 4 is 5.97 Å². The van der Waals surface area contributed by atoms with Crippen molar-refractivity contribution in [1.82, 2.24) is 0 Å². The molecule has 6 heteroatoms. The van der Waals surface area contributed by atoms with Crippen molar-refractivity contribution in [3.05, 3.63) is 11.6 Å². The minimum absolute atomic E-state index is 0.000622. The van der Waals surface area contributed by atoms with E-state index in [9.17, 15) is 20.1 Å². The third-order valence-electron chi connectivity index (χ3n) is 10.5. The van der Waals surface area contributed by atoms with Crippen LogP contribution >= 0.6 is 0 Å². The summed E-state index contributed by atoms with van der Waals surface area (Å²) in [5.41, 5.74) is 0.704. The molecule has 4 fully saturated rings. The van der Waals surface area contributed by atoms with E-state index in [1.54, 1.807) is 0 Å². The van der Waals surface area contributed by atoms with Gasteiger partial charge in [-0.3, -0.25) is 0 Å². The van der Waals surface area contributed by atoms with Gasteiger partial charge in [-0.1, -0.05) is 27.2 Å². The van der Waals surface area contributed by atoms with Gasteiger partial charge in [-0.25, -0.2) is 4.79 Å². The van der Waals surface area contributed by atoms with Crippen molar-refractivity contribution in [1.29, 1.82) is 0 Å². The van der Waals surface area contributed by atoms with Gasteiger partial charge in [0.2, 0.25) is 6.29 Å². The molecule has 2 aliphatic heterocycles. The molecule has 0 spiro atoms. The molecular formula is C25H38O6. The number of esters is 1. The van der Waals surface area contributed by atoms with Crippen LogP contribution in [-0.2, 0) is 14.3 Å². The van der Waals surface area contributed by atoms with Crippen molar-refractivity contribution in [2.24, 2.45) is 39.9 Å². The van der Waals surface area contributed by atoms with Crippen molar-refractivity contribution in [2.75, 3.05) is 6.61 Å². The van der Waals surface area contributed by atoms with E-state index in [1.165, 1.54) is 12.5 Å². The second kappa shape index (κ2) is 7.28. The SMILES string of the molecule is C[C@]1(CO)CCC[C@@]2(C)C1CC[C@@]1(C)C3C[C@H](C4=CC(=O)OC4O)OC(O)C3CCC12. The lowest BCUT2D eigenvalue weighted by atomic mass is 9.38. The summed E-state index contributed by atoms with van der Waals surface area (Å²) in [5, 5.41) is 31.4. The fourth-order valence-electron chi connectivity index (χ4n) is 9.06. The number of ether oxygens (including phenoxy) is 2. The van der Waals surface area contributed by atoms with Crippen LogP contribution in [0.5, 0.6) is 0 Å². The largest absolute Gasteiger partial charge is 0.429 e. The standard InChI is InChI=1S/C25H38O6/c1-23(13-26)8-4-9-25(3)18(23)7-10-24(2)16-12-17(15-11-20(27)31-22(15)29)30-21(28)14(16)5-6-19(24)25/h11,14,16-19,21-22,26,28-29H,4-10,12-13H2,1-3H3/t14?,16?,17-,18?,19?,21?,22?,23-,24+,25+/m1/s1. The minimum Gasteiger partial charge on any atom is -0.429 e. The van der Waals surface area contributed by atoms with E-state index < -0.39 is 24.7 Å². The average Bonchev–Trinajstić information content (AvgIpc) is 3.06. The van der Waals surface area contributed by atoms with Crippen LogP contribution in [0.4, 0.5) is 0 Å². The zero-order chi connectivity index (χ0) is 22.2. The molecule has 174 valence electrons. The van der Waals surface area contributed by atoms with Crippen molar-refractivity contribution in [3.8, 4) is 0 Å². The number of carbonyl (C=O) groups excluding carboxylic acids is 1. The molecule has 0 amide bonds. The predicted molar refractivity (Wildman–Crippen MR) is 113 cm³/mol. The summed E-state index contributed by atoms with van der Waals surface area (Å²) in [4.78, 5) is 11.7. The Morgan fingerprint density at radius 3 is 2.48 bits per heavy atom. The van der Waals surface area contributed by atoms with Gasteiger partial charge >= 0.3 is 5.97 Å². The predicted octanol–water partition coefficient (Wildman–Crippen LogP) is 3.14. The molecule has 31 heavy (non-hydrogen) atoms. The monoisotopic (exact) mass is 434 g/mol. The third kappa shape index (κ3) is 3.08. The van der Waals surface area contributed by atoms with Crippen LogP contribution in [0.15, 0.2) is 11.6 Å². The Kier molecular flexibility index (Phi) is 5.13. The molecule has 6 unspecified atom stereocenters. The van der Waals surface area contributed by atoms with E-state index >= 15 is 0 Å². The highest BCUT2D eigenvalue weighted by Gasteiger charge is 2.64. The maximum Gasteiger partial charge on any atom is 0.333 e. The highest BCUT2D eigenvalue weighted by molar-refractivity contribution is 5.85. The number of hydrogen-bond acceptors (Lipinski definition) is 6. The second-order valence-corrected chi connectivity index (χ2v) is 11.9. The van der Waals surface area contributed by atoms with Gasteiger partial charge in [0, 0.05) is 24.2 Å². The van der Waals surface area contributed by atoms with Gasteiger partial charge in [0.05, 0.1) is 6.10 Å². The van der Waals surface area contributed by atoms with E-state index in [1.807, 2.05) is 0 Å². The molecule has 3 saturated carbocycles. The fraction of sp³-hybridized carbons (Fsp3) is 0.880. The molecule has 1 saturated heterocycles. The topological polar surface area (TPSA) is 96.2 Å². The molecule has 0 bridgehead atoms. The Balaban J connectivity index is 1.47. The van der Waals surface area contributed by atoms with Gasteiger partial charge in [0.15, 0.2) is 6.29 Å². The number of rotatable bonds is 2. The molecule has 0 aromatic heterocycles. The summed E-state index contributed by atoms with van der Waals surface area (Å²) in [5.74, 6) is 0.871. The Labute approximate surface area is 185 Å². The van der Waals surface area contributed by atoms with Crippen LogP contribution in [0.3, 0.4) is 0 Å². The van der Waals surface area contributed by atoms with Crippen LogP contribution in [0.25, 0.3) is 0 Å². The lowest BCUT2D eigenvalue weighted by molar-refractivity contribution is -0.264. The molecule has 6 nitrogen and oxygen atoms in total. The first-order chi connectivity index (χ1) is 14.6. The number of aliphatic hydroxyl groups is 3. The Morgan fingerprint density at radius 2 is 1.81 bits per heavy atom. The minimum atomic E-state index is -1.27. The number of cyclic esters (lactones) is 1. The summed E-state index contributed by atoms with van der Waals surface area (Å²) >= 11 is 0. The first kappa shape index (κ1) is 21.9. The lowest BCUT2D eigenvalue weighted by Gasteiger charge is -2.68. The van der Waals surface area contributed by atoms with Crippen molar-refractivity contribution in [2.45, 2.75) is 90.8 Å². The first-order valence-corrected chi connectivity index (χ1v) is 12.2. The van der Waals surface area contributed by atoms with E-state index in [2.05, 4.69) is 20.8 Å². The zero-order valence-electron chi connectivity index (χ0n) is 19.0. The van der Waals surface area contributed by atoms with E-state index in [-0.39, 0.29) is 34.7 Å². The van der Waals surface area contributed by atoms with Gasteiger partial charge in [-0.15, -0.1) is 0 Å². The van der Waals surface area contributed by atoms with Gasteiger partial charge in [0.1, 0.15) is 0 Å². The molecule has 5 aliphatic rings. The number of aliphatic hydroxyl groups excluding tert-OH is 3. The van der Waals surface area contributed by atoms with E-state index in [0.717, 1.165) is 38.5 Å². The maximum absolute atomic E-state index is 11.7. The van der Waals surface area contributed by atoms with Crippen LogP contribution in [0.1, 0.15) is 72.1 Å². The Bertz CT molecular complexity index is 780.